The van der Waals surface area contributed by atoms with Gasteiger partial charge in [-0.1, -0.05) is 6.07 Å². The number of carboxylic acid groups (broad SMARTS) is 1. The molecule has 0 spiro atoms. The molecule has 0 amide bonds. The number of rotatable bonds is 3. The molecule has 7 nitrogen and oxygen atoms in total. The van der Waals surface area contributed by atoms with Crippen molar-refractivity contribution in [1.82, 2.24) is 20.2 Å². The van der Waals surface area contributed by atoms with Crippen LogP contribution in [0.15, 0.2) is 30.5 Å². The van der Waals surface area contributed by atoms with Gasteiger partial charge in [0, 0.05) is 19.9 Å². The number of carbonyl (C=O) groups is 1. The molecule has 7 heteroatoms. The summed E-state index contributed by atoms with van der Waals surface area (Å²) in [6.07, 6.45) is 1.61. The van der Waals surface area contributed by atoms with Crippen LogP contribution in [0.3, 0.4) is 0 Å². The van der Waals surface area contributed by atoms with Crippen LogP contribution in [0, 0.1) is 0 Å². The summed E-state index contributed by atoms with van der Waals surface area (Å²) < 4.78 is 4.54. The first-order chi connectivity index (χ1) is 10.2. The Bertz CT molecular complexity index is 717. The van der Waals surface area contributed by atoms with Gasteiger partial charge in [0.1, 0.15) is 11.2 Å². The Balaban J connectivity index is 0.000000361. The number of hydrogen-bond donors (Lipinski definition) is 3. The molecule has 0 aliphatic heterocycles. The van der Waals surface area contributed by atoms with Crippen molar-refractivity contribution in [3.05, 3.63) is 36.0 Å². The second-order valence-corrected chi connectivity index (χ2v) is 4.14. The molecule has 0 atom stereocenters. The molecule has 3 aromatic rings. The van der Waals surface area contributed by atoms with E-state index in [4.69, 9.17) is 5.11 Å². The fourth-order valence-electron chi connectivity index (χ4n) is 1.72. The minimum Gasteiger partial charge on any atom is -0.478 e. The number of ether oxygens (including phenoxy) is 1. The van der Waals surface area contributed by atoms with E-state index in [-0.39, 0.29) is 5.56 Å². The second kappa shape index (κ2) is 6.67. The minimum atomic E-state index is -0.988. The lowest BCUT2D eigenvalue weighted by molar-refractivity contribution is 0.0699. The Morgan fingerprint density at radius 2 is 2.14 bits per heavy atom. The quantitative estimate of drug-likeness (QED) is 0.686. The van der Waals surface area contributed by atoms with Crippen molar-refractivity contribution in [3.63, 3.8) is 0 Å². The molecule has 21 heavy (non-hydrogen) atoms. The van der Waals surface area contributed by atoms with Gasteiger partial charge in [0.25, 0.3) is 0 Å². The van der Waals surface area contributed by atoms with Crippen LogP contribution in [0.25, 0.3) is 22.6 Å². The number of aromatic nitrogens is 4. The predicted octanol–water partition coefficient (Wildman–Crippen LogP) is 2.30. The lowest BCUT2D eigenvalue weighted by Gasteiger charge is -1.93. The second-order valence-electron chi connectivity index (χ2n) is 4.14. The Kier molecular flexibility index (Phi) is 4.68. The third kappa shape index (κ3) is 3.26. The number of nitrogens with zero attached hydrogens (tertiary/aromatic N) is 2. The van der Waals surface area contributed by atoms with Crippen LogP contribution in [-0.4, -0.2) is 45.0 Å². The van der Waals surface area contributed by atoms with Gasteiger partial charge in [-0.05, 0) is 25.1 Å². The molecule has 3 rings (SSSR count). The summed E-state index contributed by atoms with van der Waals surface area (Å²) in [5.74, 6) is -0.413. The topological polar surface area (TPSA) is 104 Å². The molecule has 1 aromatic carbocycles. The van der Waals surface area contributed by atoms with Crippen LogP contribution in [0.1, 0.15) is 17.3 Å². The van der Waals surface area contributed by atoms with Gasteiger partial charge in [0.05, 0.1) is 11.1 Å². The molecule has 0 radical (unpaired) electrons. The maximum atomic E-state index is 11.0. The van der Waals surface area contributed by atoms with E-state index < -0.39 is 5.97 Å². The highest BCUT2D eigenvalue weighted by atomic mass is 16.5. The van der Waals surface area contributed by atoms with Crippen LogP contribution < -0.4 is 0 Å². The maximum Gasteiger partial charge on any atom is 0.337 e. The first-order valence-corrected chi connectivity index (χ1v) is 6.38. The zero-order valence-electron chi connectivity index (χ0n) is 11.8. The van der Waals surface area contributed by atoms with Crippen LogP contribution >= 0.6 is 0 Å². The van der Waals surface area contributed by atoms with Crippen molar-refractivity contribution in [2.45, 2.75) is 6.92 Å². The van der Waals surface area contributed by atoms with Gasteiger partial charge in [-0.25, -0.2) is 9.78 Å². The first-order valence-electron chi connectivity index (χ1n) is 6.38. The Labute approximate surface area is 121 Å². The SMILES string of the molecule is CCOC.O=C(O)c1cccc2[nH]c(-c3ccn[nH]3)nc12. The summed E-state index contributed by atoms with van der Waals surface area (Å²) in [7, 11) is 1.68. The van der Waals surface area contributed by atoms with Crippen molar-refractivity contribution in [2.75, 3.05) is 13.7 Å². The van der Waals surface area contributed by atoms with Crippen molar-refractivity contribution < 1.29 is 14.6 Å². The molecule has 2 aromatic heterocycles. The zero-order valence-corrected chi connectivity index (χ0v) is 11.8. The number of hydrogen-bond acceptors (Lipinski definition) is 4. The summed E-state index contributed by atoms with van der Waals surface area (Å²) in [6, 6.07) is 6.76. The van der Waals surface area contributed by atoms with Gasteiger partial charge in [-0.15, -0.1) is 0 Å². The van der Waals surface area contributed by atoms with E-state index >= 15 is 0 Å². The lowest BCUT2D eigenvalue weighted by Crippen LogP contribution is -1.96. The van der Waals surface area contributed by atoms with Gasteiger partial charge in [-0.2, -0.15) is 5.10 Å². The van der Waals surface area contributed by atoms with Crippen LogP contribution in [0.5, 0.6) is 0 Å². The van der Waals surface area contributed by atoms with Crippen molar-refractivity contribution in [2.24, 2.45) is 0 Å². The molecule has 0 saturated carbocycles. The number of carboxylic acids is 1. The molecular formula is C14H16N4O3. The maximum absolute atomic E-state index is 11.0. The molecule has 0 aliphatic carbocycles. The number of fused-ring (bicyclic) bond motifs is 1. The van der Waals surface area contributed by atoms with E-state index in [1.54, 1.807) is 31.5 Å². The van der Waals surface area contributed by atoms with Gasteiger partial charge < -0.3 is 14.8 Å². The number of para-hydroxylation sites is 1. The fraction of sp³-hybridized carbons (Fsp3) is 0.214. The fourth-order valence-corrected chi connectivity index (χ4v) is 1.72. The largest absolute Gasteiger partial charge is 0.478 e. The number of aromatic carboxylic acids is 1. The van der Waals surface area contributed by atoms with Gasteiger partial charge >= 0.3 is 5.97 Å². The summed E-state index contributed by atoms with van der Waals surface area (Å²) >= 11 is 0. The van der Waals surface area contributed by atoms with E-state index in [0.29, 0.717) is 16.9 Å². The third-order valence-electron chi connectivity index (χ3n) is 2.79. The van der Waals surface area contributed by atoms with Crippen molar-refractivity contribution >= 4 is 17.0 Å². The number of nitrogens with one attached hydrogen (secondary N) is 2. The molecule has 0 aliphatic rings. The number of imidazole rings is 1. The van der Waals surface area contributed by atoms with Gasteiger partial charge in [0.2, 0.25) is 0 Å². The Hall–Kier alpha value is -2.67. The Morgan fingerprint density at radius 1 is 1.38 bits per heavy atom. The molecule has 0 unspecified atom stereocenters. The normalized spacial score (nSPS) is 10.2. The number of methoxy groups -OCH3 is 1. The number of H-pyrrole nitrogens is 2. The van der Waals surface area contributed by atoms with Crippen LogP contribution in [0.2, 0.25) is 0 Å². The monoisotopic (exact) mass is 288 g/mol. The van der Waals surface area contributed by atoms with E-state index in [9.17, 15) is 4.79 Å². The third-order valence-corrected chi connectivity index (χ3v) is 2.79. The molecule has 0 saturated heterocycles. The standard InChI is InChI=1S/C11H8N4O2.C3H8O/c16-11(17)6-2-1-3-7-9(6)14-10(13-7)8-4-5-12-15-8;1-3-4-2/h1-5H,(H,12,15)(H,13,14)(H,16,17);3H2,1-2H3. The number of aromatic amines is 2. The van der Waals surface area contributed by atoms with Crippen LogP contribution in [-0.2, 0) is 4.74 Å². The highest BCUT2D eigenvalue weighted by Crippen LogP contribution is 2.21. The lowest BCUT2D eigenvalue weighted by atomic mass is 10.2. The minimum absolute atomic E-state index is 0.185. The van der Waals surface area contributed by atoms with Gasteiger partial charge in [-0.3, -0.25) is 5.10 Å². The summed E-state index contributed by atoms with van der Waals surface area (Å²) in [5, 5.41) is 15.6. The molecular weight excluding hydrogens is 272 g/mol. The van der Waals surface area contributed by atoms with Crippen molar-refractivity contribution in [3.8, 4) is 11.5 Å². The van der Waals surface area contributed by atoms with Crippen molar-refractivity contribution in [1.29, 1.82) is 0 Å². The molecule has 0 bridgehead atoms. The molecule has 3 N–H and O–H groups in total. The van der Waals surface area contributed by atoms with E-state index in [1.807, 2.05) is 6.92 Å². The van der Waals surface area contributed by atoms with E-state index in [1.165, 1.54) is 6.07 Å². The molecule has 0 fully saturated rings. The highest BCUT2D eigenvalue weighted by Gasteiger charge is 2.13. The average molecular weight is 288 g/mol. The van der Waals surface area contributed by atoms with E-state index in [2.05, 4.69) is 24.9 Å². The van der Waals surface area contributed by atoms with E-state index in [0.717, 1.165) is 12.3 Å². The summed E-state index contributed by atoms with van der Waals surface area (Å²) in [6.45, 7) is 2.78. The molecule has 2 heterocycles. The van der Waals surface area contributed by atoms with Gasteiger partial charge in [0.15, 0.2) is 5.82 Å². The smallest absolute Gasteiger partial charge is 0.337 e. The van der Waals surface area contributed by atoms with Crippen LogP contribution in [0.4, 0.5) is 0 Å². The summed E-state index contributed by atoms with van der Waals surface area (Å²) in [4.78, 5) is 18.4. The summed E-state index contributed by atoms with van der Waals surface area (Å²) in [5.41, 5.74) is 2.04. The zero-order chi connectivity index (χ0) is 15.2. The average Bonchev–Trinajstić information content (AvgIpc) is 3.15. The first kappa shape index (κ1) is 14.7. The number of benzene rings is 1. The predicted molar refractivity (Wildman–Crippen MR) is 78.2 cm³/mol. The molecule has 110 valence electrons. The Morgan fingerprint density at radius 3 is 2.71 bits per heavy atom. The highest BCUT2D eigenvalue weighted by molar-refractivity contribution is 6.01.